The summed E-state index contributed by atoms with van der Waals surface area (Å²) in [5, 5.41) is 0. The molecule has 1 amide bonds. The largest absolute Gasteiger partial charge is 0.468 e. The molecule has 0 saturated heterocycles. The molecule has 0 saturated carbocycles. The van der Waals surface area contributed by atoms with Crippen molar-refractivity contribution in [1.29, 1.82) is 0 Å². The van der Waals surface area contributed by atoms with E-state index in [1.165, 1.54) is 18.4 Å². The van der Waals surface area contributed by atoms with Gasteiger partial charge in [0.1, 0.15) is 6.54 Å². The number of methoxy groups -OCH3 is 1. The smallest absolute Gasteiger partial charge is 0.325 e. The summed E-state index contributed by atoms with van der Waals surface area (Å²) in [4.78, 5) is 31.4. The number of nitrogens with zero attached hydrogens (tertiary/aromatic N) is 3. The molecule has 0 radical (unpaired) electrons. The molecule has 0 aliphatic carbocycles. The van der Waals surface area contributed by atoms with Crippen molar-refractivity contribution in [2.45, 2.75) is 20.4 Å². The van der Waals surface area contributed by atoms with Crippen LogP contribution >= 0.6 is 11.3 Å². The first-order chi connectivity index (χ1) is 13.3. The van der Waals surface area contributed by atoms with Crippen LogP contribution in [0.5, 0.6) is 0 Å². The van der Waals surface area contributed by atoms with E-state index in [-0.39, 0.29) is 18.4 Å². The van der Waals surface area contributed by atoms with E-state index >= 15 is 0 Å². The lowest BCUT2D eigenvalue weighted by atomic mass is 10.1. The lowest BCUT2D eigenvalue weighted by Crippen LogP contribution is -2.22. The van der Waals surface area contributed by atoms with Crippen LogP contribution in [-0.4, -0.2) is 37.6 Å². The molecule has 0 fully saturated rings. The average Bonchev–Trinajstić information content (AvgIpc) is 2.98. The van der Waals surface area contributed by atoms with Crippen LogP contribution in [0.15, 0.2) is 41.4 Å². The molecule has 28 heavy (non-hydrogen) atoms. The molecule has 1 aromatic heterocycles. The molecule has 1 heterocycles. The molecule has 3 rings (SSSR count). The molecule has 0 atom stereocenters. The van der Waals surface area contributed by atoms with Crippen molar-refractivity contribution in [3.63, 3.8) is 0 Å². The predicted molar refractivity (Wildman–Crippen MR) is 112 cm³/mol. The third-order valence-corrected chi connectivity index (χ3v) is 5.68. The van der Waals surface area contributed by atoms with Crippen LogP contribution in [0, 0.1) is 13.8 Å². The summed E-state index contributed by atoms with van der Waals surface area (Å²) in [6.07, 6.45) is 0. The van der Waals surface area contributed by atoms with Gasteiger partial charge in [-0.25, -0.2) is 0 Å². The zero-order valence-electron chi connectivity index (χ0n) is 16.6. The molecule has 0 spiro atoms. The number of esters is 1. The summed E-state index contributed by atoms with van der Waals surface area (Å²) in [5.41, 5.74) is 4.63. The first-order valence-electron chi connectivity index (χ1n) is 8.84. The molecule has 2 aromatic carbocycles. The van der Waals surface area contributed by atoms with Crippen molar-refractivity contribution >= 4 is 39.1 Å². The fourth-order valence-electron chi connectivity index (χ4n) is 2.81. The summed E-state index contributed by atoms with van der Waals surface area (Å²) < 4.78 is 7.53. The molecule has 0 N–H and O–H groups in total. The van der Waals surface area contributed by atoms with Crippen molar-refractivity contribution in [3.8, 4) is 0 Å². The van der Waals surface area contributed by atoms with Gasteiger partial charge in [0, 0.05) is 25.3 Å². The van der Waals surface area contributed by atoms with Crippen molar-refractivity contribution in [3.05, 3.63) is 57.9 Å². The van der Waals surface area contributed by atoms with Crippen molar-refractivity contribution in [2.75, 3.05) is 26.1 Å². The maximum absolute atomic E-state index is 12.7. The topological polar surface area (TPSA) is 63.9 Å². The molecule has 7 heteroatoms. The first kappa shape index (κ1) is 19.8. The van der Waals surface area contributed by atoms with Gasteiger partial charge >= 0.3 is 5.97 Å². The Balaban J connectivity index is 2.10. The quantitative estimate of drug-likeness (QED) is 0.634. The third kappa shape index (κ3) is 3.99. The Labute approximate surface area is 167 Å². The molecule has 0 bridgehead atoms. The second-order valence-corrected chi connectivity index (χ2v) is 7.82. The summed E-state index contributed by atoms with van der Waals surface area (Å²) in [6, 6.07) is 11.3. The lowest BCUT2D eigenvalue weighted by molar-refractivity contribution is -0.141. The zero-order valence-corrected chi connectivity index (χ0v) is 17.5. The predicted octanol–water partition coefficient (Wildman–Crippen LogP) is 3.30. The Kier molecular flexibility index (Phi) is 5.65. The molecule has 0 unspecified atom stereocenters. The molecule has 6 nitrogen and oxygen atoms in total. The summed E-state index contributed by atoms with van der Waals surface area (Å²) in [7, 11) is 5.23. The third-order valence-electron chi connectivity index (χ3n) is 4.64. The molecule has 3 aromatic rings. The second kappa shape index (κ2) is 7.98. The number of aryl methyl sites for hydroxylation is 2. The number of anilines is 1. The number of thiazole rings is 1. The van der Waals surface area contributed by atoms with E-state index in [1.807, 2.05) is 51.0 Å². The highest BCUT2D eigenvalue weighted by molar-refractivity contribution is 7.16. The van der Waals surface area contributed by atoms with Gasteiger partial charge in [-0.2, -0.15) is 4.99 Å². The Morgan fingerprint density at radius 3 is 2.36 bits per heavy atom. The normalized spacial score (nSPS) is 11.7. The van der Waals surface area contributed by atoms with Crippen molar-refractivity contribution in [1.82, 2.24) is 4.57 Å². The summed E-state index contributed by atoms with van der Waals surface area (Å²) >= 11 is 1.39. The number of hydrogen-bond acceptors (Lipinski definition) is 5. The summed E-state index contributed by atoms with van der Waals surface area (Å²) in [6.45, 7) is 4.06. The second-order valence-electron chi connectivity index (χ2n) is 6.81. The number of hydrogen-bond donors (Lipinski definition) is 0. The number of fused-ring (bicyclic) bond motifs is 1. The molecular formula is C21H23N3O3S. The van der Waals surface area contributed by atoms with Gasteiger partial charge in [0.25, 0.3) is 5.91 Å². The van der Waals surface area contributed by atoms with Gasteiger partial charge in [-0.15, -0.1) is 0 Å². The SMILES string of the molecule is COC(=O)Cn1c(=NC(=O)c2ccc(N(C)C)cc2)sc2cc(C)c(C)cc21. The van der Waals surface area contributed by atoms with Crippen LogP contribution in [0.2, 0.25) is 0 Å². The van der Waals surface area contributed by atoms with Crippen LogP contribution in [0.25, 0.3) is 10.2 Å². The Morgan fingerprint density at radius 1 is 1.11 bits per heavy atom. The van der Waals surface area contributed by atoms with Gasteiger partial charge in [0.05, 0.1) is 17.3 Å². The minimum absolute atomic E-state index is 0.00464. The Hall–Kier alpha value is -2.93. The minimum atomic E-state index is -0.387. The van der Waals surface area contributed by atoms with E-state index in [1.54, 1.807) is 16.7 Å². The van der Waals surface area contributed by atoms with E-state index in [0.29, 0.717) is 10.4 Å². The molecule has 0 aliphatic heterocycles. The van der Waals surface area contributed by atoms with E-state index in [9.17, 15) is 9.59 Å². The van der Waals surface area contributed by atoms with Gasteiger partial charge in [-0.1, -0.05) is 11.3 Å². The molecule has 0 aliphatic rings. The van der Waals surface area contributed by atoms with E-state index in [2.05, 4.69) is 11.1 Å². The van der Waals surface area contributed by atoms with Gasteiger partial charge in [-0.05, 0) is 61.4 Å². The average molecular weight is 398 g/mol. The van der Waals surface area contributed by atoms with Gasteiger partial charge in [0.2, 0.25) is 0 Å². The number of aromatic nitrogens is 1. The van der Waals surface area contributed by atoms with Crippen LogP contribution in [0.1, 0.15) is 21.5 Å². The number of carbonyl (C=O) groups excluding carboxylic acids is 2. The van der Waals surface area contributed by atoms with Crippen LogP contribution < -0.4 is 9.70 Å². The Bertz CT molecular complexity index is 1110. The molecular weight excluding hydrogens is 374 g/mol. The van der Waals surface area contributed by atoms with Gasteiger partial charge in [-0.3, -0.25) is 9.59 Å². The van der Waals surface area contributed by atoms with Crippen molar-refractivity contribution in [2.24, 2.45) is 4.99 Å². The number of carbonyl (C=O) groups is 2. The van der Waals surface area contributed by atoms with E-state index in [0.717, 1.165) is 27.0 Å². The fraction of sp³-hybridized carbons (Fsp3) is 0.286. The Morgan fingerprint density at radius 2 is 1.75 bits per heavy atom. The molecule has 146 valence electrons. The van der Waals surface area contributed by atoms with Gasteiger partial charge in [0.15, 0.2) is 4.80 Å². The maximum Gasteiger partial charge on any atom is 0.325 e. The number of benzene rings is 2. The lowest BCUT2D eigenvalue weighted by Gasteiger charge is -2.11. The highest BCUT2D eigenvalue weighted by Gasteiger charge is 2.13. The highest BCUT2D eigenvalue weighted by atomic mass is 32.1. The van der Waals surface area contributed by atoms with Crippen molar-refractivity contribution < 1.29 is 14.3 Å². The highest BCUT2D eigenvalue weighted by Crippen LogP contribution is 2.22. The van der Waals surface area contributed by atoms with Crippen LogP contribution in [0.4, 0.5) is 5.69 Å². The standard InChI is InChI=1S/C21H23N3O3S/c1-13-10-17-18(11-14(13)2)28-21(24(17)12-19(25)27-5)22-20(26)15-6-8-16(9-7-15)23(3)4/h6-11H,12H2,1-5H3. The summed E-state index contributed by atoms with van der Waals surface area (Å²) in [5.74, 6) is -0.730. The first-order valence-corrected chi connectivity index (χ1v) is 9.65. The number of ether oxygens (including phenoxy) is 1. The monoisotopic (exact) mass is 397 g/mol. The van der Waals surface area contributed by atoms with E-state index < -0.39 is 0 Å². The fourth-order valence-corrected chi connectivity index (χ4v) is 3.91. The zero-order chi connectivity index (χ0) is 20.4. The number of amides is 1. The van der Waals surface area contributed by atoms with Crippen LogP contribution in [0.3, 0.4) is 0 Å². The number of rotatable bonds is 4. The maximum atomic E-state index is 12.7. The van der Waals surface area contributed by atoms with Gasteiger partial charge < -0.3 is 14.2 Å². The van der Waals surface area contributed by atoms with Crippen LogP contribution in [-0.2, 0) is 16.1 Å². The van der Waals surface area contributed by atoms with E-state index in [4.69, 9.17) is 4.74 Å². The minimum Gasteiger partial charge on any atom is -0.468 e.